The van der Waals surface area contributed by atoms with Gasteiger partial charge >= 0.3 is 0 Å². The van der Waals surface area contributed by atoms with E-state index in [0.717, 1.165) is 49.5 Å². The van der Waals surface area contributed by atoms with Crippen LogP contribution >= 0.6 is 0 Å². The van der Waals surface area contributed by atoms with E-state index in [1.807, 2.05) is 30.7 Å². The molecule has 158 valence electrons. The van der Waals surface area contributed by atoms with Crippen LogP contribution in [0.15, 0.2) is 24.4 Å². The molecule has 0 N–H and O–H groups in total. The Morgan fingerprint density at radius 2 is 2.03 bits per heavy atom. The van der Waals surface area contributed by atoms with E-state index < -0.39 is 0 Å². The second-order valence-corrected chi connectivity index (χ2v) is 7.25. The number of benzene rings is 1. The second-order valence-electron chi connectivity index (χ2n) is 7.25. The van der Waals surface area contributed by atoms with Crippen molar-refractivity contribution >= 4 is 5.91 Å². The molecule has 8 heteroatoms. The smallest absolute Gasteiger partial charge is 0.276 e. The number of rotatable bonds is 8. The van der Waals surface area contributed by atoms with Gasteiger partial charge in [-0.05, 0) is 39.3 Å². The summed E-state index contributed by atoms with van der Waals surface area (Å²) in [4.78, 5) is 16.7. The van der Waals surface area contributed by atoms with E-state index in [-0.39, 0.29) is 11.9 Å². The van der Waals surface area contributed by atoms with Gasteiger partial charge in [0.2, 0.25) is 0 Å². The third-order valence-electron chi connectivity index (χ3n) is 5.51. The lowest BCUT2D eigenvalue weighted by atomic mass is 10.0. The summed E-state index contributed by atoms with van der Waals surface area (Å²) in [5, 5.41) is 8.40. The maximum atomic E-state index is 12.5. The van der Waals surface area contributed by atoms with E-state index in [1.165, 1.54) is 0 Å². The molecule has 2 heterocycles. The summed E-state index contributed by atoms with van der Waals surface area (Å²) in [5.74, 6) is 1.47. The number of aromatic nitrogens is 3. The van der Waals surface area contributed by atoms with Crippen LogP contribution in [0, 0.1) is 0 Å². The van der Waals surface area contributed by atoms with Crippen molar-refractivity contribution in [2.24, 2.45) is 0 Å². The molecule has 29 heavy (non-hydrogen) atoms. The van der Waals surface area contributed by atoms with Gasteiger partial charge in [-0.15, -0.1) is 5.10 Å². The fourth-order valence-electron chi connectivity index (χ4n) is 3.94. The fourth-order valence-corrected chi connectivity index (χ4v) is 3.94. The molecule has 0 bridgehead atoms. The minimum absolute atomic E-state index is 0.0602. The number of para-hydroxylation sites is 1. The number of carbonyl (C=O) groups is 1. The van der Waals surface area contributed by atoms with Crippen LogP contribution < -0.4 is 9.47 Å². The molecule has 1 aliphatic rings. The average molecular weight is 402 g/mol. The Labute approximate surface area is 172 Å². The molecule has 1 aromatic heterocycles. The maximum Gasteiger partial charge on any atom is 0.276 e. The molecular weight excluding hydrogens is 370 g/mol. The molecule has 8 nitrogen and oxygen atoms in total. The van der Waals surface area contributed by atoms with Crippen LogP contribution in [-0.2, 0) is 6.54 Å². The predicted molar refractivity (Wildman–Crippen MR) is 110 cm³/mol. The SMILES string of the molecule is CCN(CC)C(=O)c1cn(C2CCCN(Cc3cccc(OC)c3OC)C2)nn1. The van der Waals surface area contributed by atoms with Gasteiger partial charge in [0.05, 0.1) is 26.5 Å². The van der Waals surface area contributed by atoms with Gasteiger partial charge in [0, 0.05) is 31.7 Å². The van der Waals surface area contributed by atoms with Gasteiger partial charge in [-0.25, -0.2) is 4.68 Å². The van der Waals surface area contributed by atoms with Crippen LogP contribution in [0.1, 0.15) is 48.8 Å². The van der Waals surface area contributed by atoms with Crippen molar-refractivity contribution in [3.8, 4) is 11.5 Å². The first kappa shape index (κ1) is 21.1. The normalized spacial score (nSPS) is 17.2. The standard InChI is InChI=1S/C21H31N5O3/c1-5-25(6-2)21(27)18-15-26(23-22-18)17-10-8-12-24(14-17)13-16-9-7-11-19(28-3)20(16)29-4/h7,9,11,15,17H,5-6,8,10,12-14H2,1-4H3. The van der Waals surface area contributed by atoms with Crippen LogP contribution in [0.25, 0.3) is 0 Å². The molecule has 2 aromatic rings. The molecule has 1 unspecified atom stereocenters. The van der Waals surface area contributed by atoms with Crippen LogP contribution in [0.3, 0.4) is 0 Å². The van der Waals surface area contributed by atoms with Gasteiger partial charge in [0.1, 0.15) is 0 Å². The van der Waals surface area contributed by atoms with Crippen molar-refractivity contribution in [1.82, 2.24) is 24.8 Å². The summed E-state index contributed by atoms with van der Waals surface area (Å²) >= 11 is 0. The summed E-state index contributed by atoms with van der Waals surface area (Å²) < 4.78 is 12.8. The van der Waals surface area contributed by atoms with E-state index >= 15 is 0 Å². The molecule has 1 fully saturated rings. The first-order valence-electron chi connectivity index (χ1n) is 10.2. The average Bonchev–Trinajstić information content (AvgIpc) is 3.25. The highest BCUT2D eigenvalue weighted by molar-refractivity contribution is 5.91. The van der Waals surface area contributed by atoms with Gasteiger partial charge in [-0.3, -0.25) is 9.69 Å². The van der Waals surface area contributed by atoms with E-state index in [4.69, 9.17) is 9.47 Å². The van der Waals surface area contributed by atoms with Crippen LogP contribution in [-0.4, -0.2) is 71.1 Å². The minimum atomic E-state index is -0.0602. The molecule has 0 spiro atoms. The number of hydrogen-bond acceptors (Lipinski definition) is 6. The van der Waals surface area contributed by atoms with Crippen molar-refractivity contribution in [3.63, 3.8) is 0 Å². The Morgan fingerprint density at radius 3 is 2.72 bits per heavy atom. The highest BCUT2D eigenvalue weighted by Gasteiger charge is 2.25. The van der Waals surface area contributed by atoms with Crippen LogP contribution in [0.5, 0.6) is 11.5 Å². The quantitative estimate of drug-likeness (QED) is 0.677. The van der Waals surface area contributed by atoms with Crippen molar-refractivity contribution in [2.45, 2.75) is 39.3 Å². The molecule has 1 saturated heterocycles. The molecule has 3 rings (SSSR count). The zero-order chi connectivity index (χ0) is 20.8. The Bertz CT molecular complexity index is 818. The summed E-state index contributed by atoms with van der Waals surface area (Å²) in [5.41, 5.74) is 1.52. The molecule has 1 amide bonds. The zero-order valence-electron chi connectivity index (χ0n) is 17.8. The number of likely N-dealkylation sites (tertiary alicyclic amines) is 1. The molecular formula is C21H31N5O3. The highest BCUT2D eigenvalue weighted by Crippen LogP contribution is 2.32. The lowest BCUT2D eigenvalue weighted by molar-refractivity contribution is 0.0767. The van der Waals surface area contributed by atoms with Gasteiger partial charge in [0.15, 0.2) is 17.2 Å². The second kappa shape index (κ2) is 9.73. The van der Waals surface area contributed by atoms with E-state index in [0.29, 0.717) is 18.8 Å². The summed E-state index contributed by atoms with van der Waals surface area (Å²) in [6.45, 7) is 7.91. The number of methoxy groups -OCH3 is 2. The maximum absolute atomic E-state index is 12.5. The number of carbonyl (C=O) groups excluding carboxylic acids is 1. The molecule has 1 atom stereocenters. The van der Waals surface area contributed by atoms with Gasteiger partial charge in [0.25, 0.3) is 5.91 Å². The van der Waals surface area contributed by atoms with Crippen molar-refractivity contribution in [2.75, 3.05) is 40.4 Å². The molecule has 0 aliphatic carbocycles. The van der Waals surface area contributed by atoms with Crippen molar-refractivity contribution < 1.29 is 14.3 Å². The molecule has 1 aliphatic heterocycles. The zero-order valence-corrected chi connectivity index (χ0v) is 17.8. The van der Waals surface area contributed by atoms with Crippen LogP contribution in [0.4, 0.5) is 0 Å². The highest BCUT2D eigenvalue weighted by atomic mass is 16.5. The largest absolute Gasteiger partial charge is 0.493 e. The van der Waals surface area contributed by atoms with E-state index in [1.54, 1.807) is 25.3 Å². The Morgan fingerprint density at radius 1 is 1.24 bits per heavy atom. The monoisotopic (exact) mass is 401 g/mol. The molecule has 1 aromatic carbocycles. The van der Waals surface area contributed by atoms with Gasteiger partial charge in [-0.2, -0.15) is 0 Å². The summed E-state index contributed by atoms with van der Waals surface area (Å²) in [6, 6.07) is 6.17. The Hall–Kier alpha value is -2.61. The first-order chi connectivity index (χ1) is 14.1. The third kappa shape index (κ3) is 4.70. The number of amides is 1. The number of piperidine rings is 1. The lowest BCUT2D eigenvalue weighted by Crippen LogP contribution is -2.36. The molecule has 0 radical (unpaired) electrons. The Balaban J connectivity index is 1.70. The van der Waals surface area contributed by atoms with Crippen LogP contribution in [0.2, 0.25) is 0 Å². The van der Waals surface area contributed by atoms with Gasteiger partial charge in [-0.1, -0.05) is 17.3 Å². The number of ether oxygens (including phenoxy) is 2. The Kier molecular flexibility index (Phi) is 7.09. The lowest BCUT2D eigenvalue weighted by Gasteiger charge is -2.32. The summed E-state index contributed by atoms with van der Waals surface area (Å²) in [7, 11) is 3.32. The van der Waals surface area contributed by atoms with E-state index in [2.05, 4.69) is 21.3 Å². The van der Waals surface area contributed by atoms with E-state index in [9.17, 15) is 4.79 Å². The number of nitrogens with zero attached hydrogens (tertiary/aromatic N) is 5. The minimum Gasteiger partial charge on any atom is -0.493 e. The molecule has 0 saturated carbocycles. The van der Waals surface area contributed by atoms with Crippen molar-refractivity contribution in [3.05, 3.63) is 35.7 Å². The summed E-state index contributed by atoms with van der Waals surface area (Å²) in [6.07, 6.45) is 3.88. The predicted octanol–water partition coefficient (Wildman–Crippen LogP) is 2.61. The third-order valence-corrected chi connectivity index (χ3v) is 5.51. The van der Waals surface area contributed by atoms with Gasteiger partial charge < -0.3 is 14.4 Å². The topological polar surface area (TPSA) is 72.7 Å². The number of hydrogen-bond donors (Lipinski definition) is 0. The fraction of sp³-hybridized carbons (Fsp3) is 0.571. The van der Waals surface area contributed by atoms with Crippen molar-refractivity contribution in [1.29, 1.82) is 0 Å². The first-order valence-corrected chi connectivity index (χ1v) is 10.2.